The summed E-state index contributed by atoms with van der Waals surface area (Å²) in [6.07, 6.45) is 6.89. The summed E-state index contributed by atoms with van der Waals surface area (Å²) in [5, 5.41) is 7.74. The Morgan fingerprint density at radius 2 is 1.80 bits per heavy atom. The smallest absolute Gasteiger partial charge is 0.337 e. The number of carbonyl (C=O) groups excluding carboxylic acids is 1. The van der Waals surface area contributed by atoms with E-state index in [-0.39, 0.29) is 12.1 Å². The summed E-state index contributed by atoms with van der Waals surface area (Å²) in [5.74, 6) is 1.18. The standard InChI is InChI=1S/C33H35N3O4S/c1-19-6-4-5-7-27(19)30-28(31(40-35-30)21-8-9-21)17-39-25-15-23-11-12-24(16-25)36(23)33-34-29(18-41-33)26-13-10-22(14-20(26)2)32(37)38-3/h4-7,10,13-14,18,21,23-25H,8-9,11-12,15-17H2,1-3H3/t23-,24+,25?. The number of methoxy groups -OCH3 is 1. The van der Waals surface area contributed by atoms with Gasteiger partial charge in [0.2, 0.25) is 0 Å². The maximum Gasteiger partial charge on any atom is 0.337 e. The van der Waals surface area contributed by atoms with Crippen LogP contribution in [-0.4, -0.2) is 41.4 Å². The van der Waals surface area contributed by atoms with Crippen molar-refractivity contribution in [1.29, 1.82) is 0 Å². The van der Waals surface area contributed by atoms with Crippen LogP contribution in [-0.2, 0) is 16.1 Å². The van der Waals surface area contributed by atoms with Gasteiger partial charge in [0.25, 0.3) is 0 Å². The maximum atomic E-state index is 11.9. The highest BCUT2D eigenvalue weighted by molar-refractivity contribution is 7.14. The van der Waals surface area contributed by atoms with Gasteiger partial charge in [-0.2, -0.15) is 0 Å². The van der Waals surface area contributed by atoms with Crippen molar-refractivity contribution >= 4 is 22.4 Å². The van der Waals surface area contributed by atoms with Crippen LogP contribution in [0, 0.1) is 13.8 Å². The van der Waals surface area contributed by atoms with E-state index in [9.17, 15) is 4.79 Å². The van der Waals surface area contributed by atoms with Crippen LogP contribution in [0.5, 0.6) is 0 Å². The molecule has 4 heterocycles. The molecule has 0 amide bonds. The number of esters is 1. The molecule has 2 aromatic heterocycles. The highest BCUT2D eigenvalue weighted by Crippen LogP contribution is 2.46. The van der Waals surface area contributed by atoms with Gasteiger partial charge in [-0.25, -0.2) is 9.78 Å². The van der Waals surface area contributed by atoms with Crippen LogP contribution in [0.4, 0.5) is 5.13 Å². The van der Waals surface area contributed by atoms with E-state index >= 15 is 0 Å². The summed E-state index contributed by atoms with van der Waals surface area (Å²) in [5.41, 5.74) is 8.00. The molecule has 1 aliphatic carbocycles. The van der Waals surface area contributed by atoms with E-state index in [0.717, 1.165) is 57.4 Å². The monoisotopic (exact) mass is 569 g/mol. The lowest BCUT2D eigenvalue weighted by atomic mass is 9.99. The lowest BCUT2D eigenvalue weighted by Gasteiger charge is -2.38. The largest absolute Gasteiger partial charge is 0.465 e. The fraction of sp³-hybridized carbons (Fsp3) is 0.424. The molecule has 7 nitrogen and oxygen atoms in total. The molecule has 0 radical (unpaired) electrons. The third-order valence-electron chi connectivity index (χ3n) is 8.96. The Hall–Kier alpha value is -3.49. The molecule has 7 rings (SSSR count). The molecule has 1 saturated carbocycles. The number of aryl methyl sites for hydroxylation is 2. The van der Waals surface area contributed by atoms with Crippen LogP contribution in [0.1, 0.15) is 77.3 Å². The first-order valence-electron chi connectivity index (χ1n) is 14.6. The van der Waals surface area contributed by atoms with Crippen LogP contribution in [0.25, 0.3) is 22.5 Å². The second-order valence-corrected chi connectivity index (χ2v) is 12.5. The number of benzene rings is 2. The molecule has 2 saturated heterocycles. The molecule has 4 aromatic rings. The molecule has 0 spiro atoms. The van der Waals surface area contributed by atoms with Gasteiger partial charge in [-0.05, 0) is 75.6 Å². The number of ether oxygens (including phenoxy) is 2. The number of rotatable bonds is 8. The van der Waals surface area contributed by atoms with Crippen LogP contribution >= 0.6 is 11.3 Å². The van der Waals surface area contributed by atoms with Crippen molar-refractivity contribution in [3.05, 3.63) is 75.9 Å². The topological polar surface area (TPSA) is 77.7 Å². The van der Waals surface area contributed by atoms with Crippen LogP contribution in [0.2, 0.25) is 0 Å². The van der Waals surface area contributed by atoms with E-state index in [0.29, 0.717) is 30.2 Å². The third-order valence-corrected chi connectivity index (χ3v) is 9.81. The number of hydrogen-bond acceptors (Lipinski definition) is 8. The van der Waals surface area contributed by atoms with E-state index in [1.807, 2.05) is 25.1 Å². The van der Waals surface area contributed by atoms with Crippen LogP contribution < -0.4 is 4.90 Å². The predicted octanol–water partition coefficient (Wildman–Crippen LogP) is 7.46. The van der Waals surface area contributed by atoms with Crippen molar-refractivity contribution in [1.82, 2.24) is 10.1 Å². The van der Waals surface area contributed by atoms with Gasteiger partial charge in [-0.3, -0.25) is 0 Å². The number of fused-ring (bicyclic) bond motifs is 2. The molecule has 3 aliphatic rings. The molecule has 2 bridgehead atoms. The number of thiazole rings is 1. The molecule has 2 aliphatic heterocycles. The van der Waals surface area contributed by atoms with Gasteiger partial charge in [-0.1, -0.05) is 35.5 Å². The highest BCUT2D eigenvalue weighted by Gasteiger charge is 2.43. The second-order valence-electron chi connectivity index (χ2n) is 11.7. The average molecular weight is 570 g/mol. The number of hydrogen-bond donors (Lipinski definition) is 0. The van der Waals surface area contributed by atoms with Crippen molar-refractivity contribution in [3.8, 4) is 22.5 Å². The quantitative estimate of drug-likeness (QED) is 0.204. The van der Waals surface area contributed by atoms with Gasteiger partial charge in [-0.15, -0.1) is 11.3 Å². The van der Waals surface area contributed by atoms with Gasteiger partial charge in [0.1, 0.15) is 11.5 Å². The Kier molecular flexibility index (Phi) is 6.91. The first-order valence-corrected chi connectivity index (χ1v) is 15.5. The first-order chi connectivity index (χ1) is 20.0. The van der Waals surface area contributed by atoms with Gasteiger partial charge in [0, 0.05) is 40.1 Å². The summed E-state index contributed by atoms with van der Waals surface area (Å²) in [4.78, 5) is 19.5. The van der Waals surface area contributed by atoms with E-state index in [1.54, 1.807) is 11.3 Å². The van der Waals surface area contributed by atoms with Crippen molar-refractivity contribution in [2.45, 2.75) is 83.1 Å². The predicted molar refractivity (Wildman–Crippen MR) is 159 cm³/mol. The second kappa shape index (κ2) is 10.7. The molecule has 0 N–H and O–H groups in total. The zero-order valence-corrected chi connectivity index (χ0v) is 24.6. The zero-order chi connectivity index (χ0) is 28.1. The Bertz CT molecular complexity index is 1570. The number of carbonyl (C=O) groups is 1. The minimum absolute atomic E-state index is 0.211. The summed E-state index contributed by atoms with van der Waals surface area (Å²) in [7, 11) is 1.41. The molecule has 3 atom stereocenters. The fourth-order valence-electron chi connectivity index (χ4n) is 6.66. The SMILES string of the molecule is COC(=O)c1ccc(-c2csc(N3[C@@H]4CC[C@H]3CC(OCc3c(-c5ccccc5C)noc3C3CC3)C4)n2)c(C)c1. The van der Waals surface area contributed by atoms with E-state index < -0.39 is 0 Å². The number of aromatic nitrogens is 2. The minimum atomic E-state index is -0.320. The molecule has 212 valence electrons. The lowest BCUT2D eigenvalue weighted by molar-refractivity contribution is 0.0147. The van der Waals surface area contributed by atoms with E-state index in [1.165, 1.54) is 38.4 Å². The molecule has 8 heteroatoms. The summed E-state index contributed by atoms with van der Waals surface area (Å²) >= 11 is 1.71. The van der Waals surface area contributed by atoms with Crippen molar-refractivity contribution in [3.63, 3.8) is 0 Å². The van der Waals surface area contributed by atoms with Gasteiger partial charge in [0.15, 0.2) is 5.13 Å². The zero-order valence-electron chi connectivity index (χ0n) is 23.8. The van der Waals surface area contributed by atoms with E-state index in [4.69, 9.17) is 19.0 Å². The minimum Gasteiger partial charge on any atom is -0.465 e. The third kappa shape index (κ3) is 4.97. The average Bonchev–Trinajstić information content (AvgIpc) is 3.45. The van der Waals surface area contributed by atoms with Crippen LogP contribution in [0.3, 0.4) is 0 Å². The number of nitrogens with zero attached hydrogens (tertiary/aromatic N) is 3. The number of anilines is 1. The first kappa shape index (κ1) is 26.4. The number of piperidine rings is 1. The maximum absolute atomic E-state index is 11.9. The molecule has 3 fully saturated rings. The fourth-order valence-corrected chi connectivity index (χ4v) is 7.62. The summed E-state index contributed by atoms with van der Waals surface area (Å²) < 4.78 is 17.4. The Balaban J connectivity index is 1.05. The molecular formula is C33H35N3O4S. The molecular weight excluding hydrogens is 534 g/mol. The normalized spacial score (nSPS) is 21.8. The Labute approximate surface area is 244 Å². The Morgan fingerprint density at radius 1 is 1.02 bits per heavy atom. The van der Waals surface area contributed by atoms with Gasteiger partial charge in [0.05, 0.1) is 31.1 Å². The molecule has 1 unspecified atom stereocenters. The Morgan fingerprint density at radius 3 is 2.51 bits per heavy atom. The highest BCUT2D eigenvalue weighted by atomic mass is 32.1. The van der Waals surface area contributed by atoms with E-state index in [2.05, 4.69) is 46.6 Å². The molecule has 41 heavy (non-hydrogen) atoms. The van der Waals surface area contributed by atoms with Crippen LogP contribution in [0.15, 0.2) is 52.4 Å². The summed E-state index contributed by atoms with van der Waals surface area (Å²) in [6.45, 7) is 4.69. The van der Waals surface area contributed by atoms with Gasteiger partial charge < -0.3 is 18.9 Å². The lowest BCUT2D eigenvalue weighted by Crippen LogP contribution is -2.45. The van der Waals surface area contributed by atoms with Crippen molar-refractivity contribution in [2.24, 2.45) is 0 Å². The molecule has 2 aromatic carbocycles. The van der Waals surface area contributed by atoms with Crippen molar-refractivity contribution < 1.29 is 18.8 Å². The summed E-state index contributed by atoms with van der Waals surface area (Å²) in [6, 6.07) is 14.9. The van der Waals surface area contributed by atoms with Gasteiger partial charge >= 0.3 is 5.97 Å². The van der Waals surface area contributed by atoms with Crippen molar-refractivity contribution in [2.75, 3.05) is 12.0 Å².